The summed E-state index contributed by atoms with van der Waals surface area (Å²) in [6.07, 6.45) is 0.292. The van der Waals surface area contributed by atoms with E-state index < -0.39 is 11.2 Å². The predicted molar refractivity (Wildman–Crippen MR) is 58.5 cm³/mol. The molecule has 1 atom stereocenters. The Hall–Kier alpha value is 0.1000. The first-order chi connectivity index (χ1) is 6.00. The molecule has 72 valence electrons. The van der Waals surface area contributed by atoms with Gasteiger partial charge in [-0.3, -0.25) is 4.79 Å². The van der Waals surface area contributed by atoms with E-state index in [1.54, 1.807) is 6.07 Å². The Kier molecular flexibility index (Phi) is 3.91. The zero-order valence-corrected chi connectivity index (χ0v) is 9.55. The van der Waals surface area contributed by atoms with Crippen LogP contribution >= 0.6 is 47.2 Å². The topological polar surface area (TPSA) is 37.3 Å². The summed E-state index contributed by atoms with van der Waals surface area (Å²) >= 11 is 16.6. The first kappa shape index (κ1) is 11.2. The van der Waals surface area contributed by atoms with E-state index in [0.717, 1.165) is 5.56 Å². The highest BCUT2D eigenvalue weighted by Gasteiger charge is 2.16. The molecule has 0 aromatic carbocycles. The number of thiol groups is 1. The van der Waals surface area contributed by atoms with E-state index in [1.165, 1.54) is 11.3 Å². The molecule has 1 heterocycles. The highest BCUT2D eigenvalue weighted by molar-refractivity contribution is 7.81. The average molecular weight is 257 g/mol. The van der Waals surface area contributed by atoms with Crippen LogP contribution in [0, 0.1) is 0 Å². The first-order valence-corrected chi connectivity index (χ1v) is 5.44. The van der Waals surface area contributed by atoms with Crippen molar-refractivity contribution < 1.29 is 9.90 Å². The lowest BCUT2D eigenvalue weighted by atomic mass is 10.2. The van der Waals surface area contributed by atoms with E-state index in [1.807, 2.05) is 0 Å². The third-order valence-electron chi connectivity index (χ3n) is 1.43. The fraction of sp³-hybridized carbons (Fsp3) is 0.286. The molecule has 1 aromatic heterocycles. The molecular formula is C7H6Cl2O2S2. The molecule has 0 saturated heterocycles. The normalized spacial score (nSPS) is 12.8. The van der Waals surface area contributed by atoms with Gasteiger partial charge in [-0.15, -0.1) is 11.3 Å². The highest BCUT2D eigenvalue weighted by atomic mass is 35.5. The molecule has 0 bridgehead atoms. The molecule has 2 nitrogen and oxygen atoms in total. The standard InChI is InChI=1S/C7H6Cl2O2S2/c8-5-2-3(6(9)13-5)1-4(12)7(10)11/h2,4,12H,1H2,(H,10,11). The lowest BCUT2D eigenvalue weighted by Crippen LogP contribution is -2.15. The van der Waals surface area contributed by atoms with Crippen molar-refractivity contribution in [2.75, 3.05) is 0 Å². The molecule has 1 unspecified atom stereocenters. The van der Waals surface area contributed by atoms with Gasteiger partial charge < -0.3 is 5.11 Å². The maximum absolute atomic E-state index is 10.5. The summed E-state index contributed by atoms with van der Waals surface area (Å²) in [5.41, 5.74) is 0.735. The predicted octanol–water partition coefficient (Wildman–Crippen LogP) is 2.98. The van der Waals surface area contributed by atoms with Gasteiger partial charge in [-0.1, -0.05) is 23.2 Å². The molecule has 13 heavy (non-hydrogen) atoms. The van der Waals surface area contributed by atoms with Gasteiger partial charge in [0.15, 0.2) is 0 Å². The summed E-state index contributed by atoms with van der Waals surface area (Å²) in [5.74, 6) is -0.957. The van der Waals surface area contributed by atoms with Crippen LogP contribution in [0.3, 0.4) is 0 Å². The van der Waals surface area contributed by atoms with Crippen LogP contribution in [0.2, 0.25) is 8.67 Å². The van der Waals surface area contributed by atoms with Gasteiger partial charge in [-0.25, -0.2) is 0 Å². The minimum absolute atomic E-state index is 0.292. The lowest BCUT2D eigenvalue weighted by Gasteiger charge is -2.02. The molecule has 0 spiro atoms. The Morgan fingerprint density at radius 1 is 1.69 bits per heavy atom. The molecule has 1 aromatic rings. The molecule has 0 amide bonds. The van der Waals surface area contributed by atoms with Crippen molar-refractivity contribution in [1.82, 2.24) is 0 Å². The van der Waals surface area contributed by atoms with Gasteiger partial charge in [0.2, 0.25) is 0 Å². The second kappa shape index (κ2) is 4.55. The van der Waals surface area contributed by atoms with Crippen LogP contribution in [0.1, 0.15) is 5.56 Å². The largest absolute Gasteiger partial charge is 0.480 e. The second-order valence-corrected chi connectivity index (χ2v) is 5.32. The van der Waals surface area contributed by atoms with Crippen LogP contribution in [0.4, 0.5) is 0 Å². The second-order valence-electron chi connectivity index (χ2n) is 2.41. The van der Waals surface area contributed by atoms with Crippen molar-refractivity contribution in [3.05, 3.63) is 20.3 Å². The summed E-state index contributed by atoms with van der Waals surface area (Å²) in [7, 11) is 0. The molecule has 6 heteroatoms. The minimum Gasteiger partial charge on any atom is -0.480 e. The van der Waals surface area contributed by atoms with Gasteiger partial charge in [0.25, 0.3) is 0 Å². The number of aliphatic carboxylic acids is 1. The van der Waals surface area contributed by atoms with Gasteiger partial charge in [0, 0.05) is 0 Å². The fourth-order valence-electron chi connectivity index (χ4n) is 0.809. The Bertz CT molecular complexity index is 324. The number of thiophene rings is 1. The van der Waals surface area contributed by atoms with Crippen molar-refractivity contribution in [2.45, 2.75) is 11.7 Å². The summed E-state index contributed by atoms with van der Waals surface area (Å²) < 4.78 is 1.09. The van der Waals surface area contributed by atoms with E-state index in [9.17, 15) is 4.79 Å². The van der Waals surface area contributed by atoms with Crippen molar-refractivity contribution in [1.29, 1.82) is 0 Å². The van der Waals surface area contributed by atoms with E-state index in [0.29, 0.717) is 15.1 Å². The SMILES string of the molecule is O=C(O)C(S)Cc1cc(Cl)sc1Cl. The third-order valence-corrected chi connectivity index (χ3v) is 3.40. The molecule has 1 rings (SSSR count). The van der Waals surface area contributed by atoms with Crippen LogP contribution < -0.4 is 0 Å². The molecule has 0 radical (unpaired) electrons. The molecular weight excluding hydrogens is 251 g/mol. The minimum atomic E-state index is -0.957. The summed E-state index contributed by atoms with van der Waals surface area (Å²) in [6, 6.07) is 1.67. The number of halogens is 2. The third kappa shape index (κ3) is 3.06. The highest BCUT2D eigenvalue weighted by Crippen LogP contribution is 2.32. The average Bonchev–Trinajstić information content (AvgIpc) is 2.30. The van der Waals surface area contributed by atoms with Crippen LogP contribution in [-0.4, -0.2) is 16.3 Å². The van der Waals surface area contributed by atoms with Gasteiger partial charge in [0.1, 0.15) is 5.25 Å². The number of rotatable bonds is 3. The van der Waals surface area contributed by atoms with Crippen molar-refractivity contribution in [3.8, 4) is 0 Å². The number of carboxylic acids is 1. The number of hydrogen-bond donors (Lipinski definition) is 2. The monoisotopic (exact) mass is 256 g/mol. The van der Waals surface area contributed by atoms with Gasteiger partial charge >= 0.3 is 5.97 Å². The lowest BCUT2D eigenvalue weighted by molar-refractivity contribution is -0.136. The fourth-order valence-corrected chi connectivity index (χ4v) is 2.51. The van der Waals surface area contributed by atoms with Crippen molar-refractivity contribution >= 4 is 53.1 Å². The number of carboxylic acid groups (broad SMARTS) is 1. The van der Waals surface area contributed by atoms with E-state index in [-0.39, 0.29) is 0 Å². The molecule has 0 saturated carbocycles. The molecule has 0 aliphatic heterocycles. The van der Waals surface area contributed by atoms with Crippen LogP contribution in [0.25, 0.3) is 0 Å². The van der Waals surface area contributed by atoms with Crippen LogP contribution in [0.5, 0.6) is 0 Å². The summed E-state index contributed by atoms with van der Waals surface area (Å²) in [6.45, 7) is 0. The van der Waals surface area contributed by atoms with Crippen LogP contribution in [-0.2, 0) is 11.2 Å². The Morgan fingerprint density at radius 2 is 2.31 bits per heavy atom. The zero-order chi connectivity index (χ0) is 10.0. The number of carbonyl (C=O) groups is 1. The quantitative estimate of drug-likeness (QED) is 0.817. The van der Waals surface area contributed by atoms with Crippen molar-refractivity contribution in [2.24, 2.45) is 0 Å². The zero-order valence-electron chi connectivity index (χ0n) is 6.33. The molecule has 0 fully saturated rings. The smallest absolute Gasteiger partial charge is 0.316 e. The molecule has 1 N–H and O–H groups in total. The maximum atomic E-state index is 10.5. The van der Waals surface area contributed by atoms with Crippen LogP contribution in [0.15, 0.2) is 6.07 Å². The van der Waals surface area contributed by atoms with Crippen molar-refractivity contribution in [3.63, 3.8) is 0 Å². The molecule has 0 aliphatic carbocycles. The van der Waals surface area contributed by atoms with E-state index >= 15 is 0 Å². The van der Waals surface area contributed by atoms with Gasteiger partial charge in [-0.2, -0.15) is 12.6 Å². The van der Waals surface area contributed by atoms with Gasteiger partial charge in [0.05, 0.1) is 8.67 Å². The number of hydrogen-bond acceptors (Lipinski definition) is 3. The Balaban J connectivity index is 2.74. The maximum Gasteiger partial charge on any atom is 0.316 e. The Morgan fingerprint density at radius 3 is 2.69 bits per heavy atom. The van der Waals surface area contributed by atoms with E-state index in [2.05, 4.69) is 12.6 Å². The van der Waals surface area contributed by atoms with E-state index in [4.69, 9.17) is 28.3 Å². The van der Waals surface area contributed by atoms with Gasteiger partial charge in [-0.05, 0) is 18.1 Å². The summed E-state index contributed by atoms with van der Waals surface area (Å²) in [5, 5.41) is 7.86. The molecule has 0 aliphatic rings. The first-order valence-electron chi connectivity index (χ1n) is 3.35. The Labute approximate surface area is 94.9 Å². The summed E-state index contributed by atoms with van der Waals surface area (Å²) in [4.78, 5) is 10.5.